The fourth-order valence-electron chi connectivity index (χ4n) is 4.38. The maximum atomic E-state index is 13.5. The van der Waals surface area contributed by atoms with Crippen LogP contribution in [0.4, 0.5) is 4.39 Å². The number of hydrogen-bond donors (Lipinski definition) is 2. The van der Waals surface area contributed by atoms with Gasteiger partial charge in [-0.3, -0.25) is 4.79 Å². The molecule has 0 bridgehead atoms. The van der Waals surface area contributed by atoms with Crippen LogP contribution < -0.4 is 0 Å². The van der Waals surface area contributed by atoms with Crippen molar-refractivity contribution in [3.05, 3.63) is 34.7 Å². The second-order valence-electron chi connectivity index (χ2n) is 6.92. The summed E-state index contributed by atoms with van der Waals surface area (Å²) in [5.41, 5.74) is 0.695. The maximum absolute atomic E-state index is 13.5. The zero-order valence-corrected chi connectivity index (χ0v) is 14.2. The molecule has 25 heavy (non-hydrogen) atoms. The highest BCUT2D eigenvalue weighted by Crippen LogP contribution is 2.41. The molecule has 1 aromatic heterocycles. The Labute approximate surface area is 148 Å². The van der Waals surface area contributed by atoms with Crippen molar-refractivity contribution in [3.63, 3.8) is 0 Å². The maximum Gasteiger partial charge on any atom is 0.326 e. The number of nitrogens with zero attached hydrogens (tertiary/aromatic N) is 1. The van der Waals surface area contributed by atoms with E-state index in [-0.39, 0.29) is 22.7 Å². The molecule has 2 N–H and O–H groups in total. The van der Waals surface area contributed by atoms with Crippen LogP contribution in [0.2, 0.25) is 5.02 Å². The van der Waals surface area contributed by atoms with Gasteiger partial charge in [0.2, 0.25) is 0 Å². The number of aromatic amines is 1. The predicted molar refractivity (Wildman–Crippen MR) is 91.2 cm³/mol. The first-order valence-corrected chi connectivity index (χ1v) is 8.87. The zero-order chi connectivity index (χ0) is 17.7. The Balaban J connectivity index is 1.76. The molecule has 2 aromatic rings. The Morgan fingerprint density at radius 2 is 2.04 bits per heavy atom. The largest absolute Gasteiger partial charge is 0.480 e. The number of carbonyl (C=O) groups is 2. The number of aliphatic carboxylic acids is 1. The normalized spacial score (nSPS) is 26.0. The zero-order valence-electron chi connectivity index (χ0n) is 13.5. The minimum atomic E-state index is -0.985. The van der Waals surface area contributed by atoms with E-state index in [0.717, 1.165) is 25.7 Å². The first-order chi connectivity index (χ1) is 12.0. The quantitative estimate of drug-likeness (QED) is 0.850. The van der Waals surface area contributed by atoms with Gasteiger partial charge in [0.05, 0.1) is 5.02 Å². The van der Waals surface area contributed by atoms with Crippen molar-refractivity contribution in [1.82, 2.24) is 9.88 Å². The SMILES string of the molecule is O=C(O)C1CC2CCCCC2N1C(=O)c1[nH]c2ccc(F)cc2c1Cl. The number of carbonyl (C=O) groups excluding carboxylic acids is 1. The molecule has 5 nitrogen and oxygen atoms in total. The first kappa shape index (κ1) is 16.4. The molecule has 0 spiro atoms. The van der Waals surface area contributed by atoms with Crippen molar-refractivity contribution in [3.8, 4) is 0 Å². The van der Waals surface area contributed by atoms with Gasteiger partial charge < -0.3 is 15.0 Å². The third-order valence-electron chi connectivity index (χ3n) is 5.52. The van der Waals surface area contributed by atoms with Crippen LogP contribution in [0.1, 0.15) is 42.6 Å². The number of rotatable bonds is 2. The summed E-state index contributed by atoms with van der Waals surface area (Å²) in [5, 5.41) is 10.2. The highest BCUT2D eigenvalue weighted by Gasteiger charge is 2.48. The van der Waals surface area contributed by atoms with Crippen LogP contribution in [0.3, 0.4) is 0 Å². The van der Waals surface area contributed by atoms with Crippen molar-refractivity contribution in [1.29, 1.82) is 0 Å². The standard InChI is InChI=1S/C18H18ClFN2O3/c19-15-11-8-10(20)5-6-12(11)21-16(15)17(23)22-13-4-2-1-3-9(13)7-14(22)18(24)25/h5-6,8-9,13-14,21H,1-4,7H2,(H,24,25). The molecular weight excluding hydrogens is 347 g/mol. The molecule has 2 fully saturated rings. The lowest BCUT2D eigenvalue weighted by Gasteiger charge is -2.32. The summed E-state index contributed by atoms with van der Waals surface area (Å²) in [6.45, 7) is 0. The summed E-state index contributed by atoms with van der Waals surface area (Å²) in [6.07, 6.45) is 4.31. The van der Waals surface area contributed by atoms with Crippen molar-refractivity contribution in [2.45, 2.75) is 44.2 Å². The molecule has 132 valence electrons. The Morgan fingerprint density at radius 3 is 2.80 bits per heavy atom. The smallest absolute Gasteiger partial charge is 0.326 e. The molecule has 2 aliphatic rings. The molecule has 0 radical (unpaired) electrons. The van der Waals surface area contributed by atoms with Gasteiger partial charge in [-0.15, -0.1) is 0 Å². The lowest BCUT2D eigenvalue weighted by molar-refractivity contribution is -0.141. The van der Waals surface area contributed by atoms with E-state index in [1.807, 2.05) is 0 Å². The Kier molecular flexibility index (Phi) is 3.95. The molecule has 3 unspecified atom stereocenters. The van der Waals surface area contributed by atoms with Gasteiger partial charge in [0.15, 0.2) is 0 Å². The third kappa shape index (κ3) is 2.59. The molecule has 4 rings (SSSR count). The van der Waals surface area contributed by atoms with Crippen LogP contribution in [-0.2, 0) is 4.79 Å². The predicted octanol–water partition coefficient (Wildman–Crippen LogP) is 3.82. The number of aromatic nitrogens is 1. The highest BCUT2D eigenvalue weighted by atomic mass is 35.5. The molecule has 1 saturated carbocycles. The molecule has 2 heterocycles. The number of benzene rings is 1. The number of amides is 1. The molecule has 1 aromatic carbocycles. The molecule has 7 heteroatoms. The molecule has 1 saturated heterocycles. The van der Waals surface area contributed by atoms with E-state index >= 15 is 0 Å². The van der Waals surface area contributed by atoms with Gasteiger partial charge in [-0.2, -0.15) is 0 Å². The average molecular weight is 365 g/mol. The number of carboxylic acid groups (broad SMARTS) is 1. The van der Waals surface area contributed by atoms with Gasteiger partial charge in [0.25, 0.3) is 5.91 Å². The van der Waals surface area contributed by atoms with E-state index in [4.69, 9.17) is 11.6 Å². The van der Waals surface area contributed by atoms with Gasteiger partial charge in [0.1, 0.15) is 17.6 Å². The first-order valence-electron chi connectivity index (χ1n) is 8.49. The number of H-pyrrole nitrogens is 1. The third-order valence-corrected chi connectivity index (χ3v) is 5.91. The average Bonchev–Trinajstić information content (AvgIpc) is 3.13. The number of hydrogen-bond acceptors (Lipinski definition) is 2. The van der Waals surface area contributed by atoms with Gasteiger partial charge >= 0.3 is 5.97 Å². The van der Waals surface area contributed by atoms with Crippen LogP contribution in [0.15, 0.2) is 18.2 Å². The Hall–Kier alpha value is -2.08. The van der Waals surface area contributed by atoms with Crippen LogP contribution >= 0.6 is 11.6 Å². The van der Waals surface area contributed by atoms with E-state index in [0.29, 0.717) is 17.3 Å². The molecular formula is C18H18ClFN2O3. The number of nitrogens with one attached hydrogen (secondary N) is 1. The van der Waals surface area contributed by atoms with Crippen molar-refractivity contribution in [2.24, 2.45) is 5.92 Å². The van der Waals surface area contributed by atoms with Crippen molar-refractivity contribution >= 4 is 34.4 Å². The monoisotopic (exact) mass is 364 g/mol. The lowest BCUT2D eigenvalue weighted by atomic mass is 9.84. The Bertz CT molecular complexity index is 865. The van der Waals surface area contributed by atoms with Crippen LogP contribution in [0.5, 0.6) is 0 Å². The molecule has 1 aliphatic carbocycles. The lowest BCUT2D eigenvalue weighted by Crippen LogP contribution is -2.46. The number of fused-ring (bicyclic) bond motifs is 2. The van der Waals surface area contributed by atoms with Gasteiger partial charge in [-0.05, 0) is 43.4 Å². The van der Waals surface area contributed by atoms with E-state index < -0.39 is 23.7 Å². The fourth-order valence-corrected chi connectivity index (χ4v) is 4.66. The highest BCUT2D eigenvalue weighted by molar-refractivity contribution is 6.38. The molecule has 3 atom stereocenters. The van der Waals surface area contributed by atoms with Crippen LogP contribution in [-0.4, -0.2) is 39.0 Å². The van der Waals surface area contributed by atoms with Gasteiger partial charge in [0, 0.05) is 16.9 Å². The van der Waals surface area contributed by atoms with E-state index in [1.165, 1.54) is 23.1 Å². The number of carboxylic acids is 1. The van der Waals surface area contributed by atoms with Crippen LogP contribution in [0.25, 0.3) is 10.9 Å². The molecule has 1 amide bonds. The summed E-state index contributed by atoms with van der Waals surface area (Å²) in [7, 11) is 0. The van der Waals surface area contributed by atoms with Crippen molar-refractivity contribution in [2.75, 3.05) is 0 Å². The second-order valence-corrected chi connectivity index (χ2v) is 7.30. The van der Waals surface area contributed by atoms with Crippen LogP contribution in [0, 0.1) is 11.7 Å². The van der Waals surface area contributed by atoms with Gasteiger partial charge in [-0.25, -0.2) is 9.18 Å². The van der Waals surface area contributed by atoms with Crippen molar-refractivity contribution < 1.29 is 19.1 Å². The van der Waals surface area contributed by atoms with E-state index in [9.17, 15) is 19.1 Å². The second kappa shape index (κ2) is 6.02. The summed E-state index contributed by atoms with van der Waals surface area (Å²) < 4.78 is 13.5. The van der Waals surface area contributed by atoms with E-state index in [1.54, 1.807) is 0 Å². The summed E-state index contributed by atoms with van der Waals surface area (Å²) in [5.74, 6) is -1.62. The van der Waals surface area contributed by atoms with Gasteiger partial charge in [-0.1, -0.05) is 24.4 Å². The summed E-state index contributed by atoms with van der Waals surface area (Å²) >= 11 is 6.31. The summed E-state index contributed by atoms with van der Waals surface area (Å²) in [4.78, 5) is 29.3. The Morgan fingerprint density at radius 1 is 1.28 bits per heavy atom. The minimum absolute atomic E-state index is 0.0680. The van der Waals surface area contributed by atoms with E-state index in [2.05, 4.69) is 4.98 Å². The topological polar surface area (TPSA) is 73.4 Å². The minimum Gasteiger partial charge on any atom is -0.480 e. The summed E-state index contributed by atoms with van der Waals surface area (Å²) in [6, 6.07) is 3.18. The number of halogens is 2. The fraction of sp³-hybridized carbons (Fsp3) is 0.444. The number of likely N-dealkylation sites (tertiary alicyclic amines) is 1. The molecule has 1 aliphatic heterocycles.